The SMILES string of the molecule is CCC[C@@H]1CC(C)(CC)[C@H](O)CC[C@H]([C@H](NC(C)=O)OC)O1. The van der Waals surface area contributed by atoms with E-state index in [1.54, 1.807) is 7.11 Å². The largest absolute Gasteiger partial charge is 0.393 e. The third kappa shape index (κ3) is 5.21. The number of hydrogen-bond donors (Lipinski definition) is 2. The third-order valence-electron chi connectivity index (χ3n) is 4.95. The molecule has 0 aromatic heterocycles. The minimum Gasteiger partial charge on any atom is -0.393 e. The van der Waals surface area contributed by atoms with Crippen LogP contribution in [0.3, 0.4) is 0 Å². The molecule has 0 aromatic carbocycles. The van der Waals surface area contributed by atoms with E-state index in [0.29, 0.717) is 12.8 Å². The summed E-state index contributed by atoms with van der Waals surface area (Å²) in [4.78, 5) is 11.3. The molecule has 2 N–H and O–H groups in total. The number of hydrogen-bond acceptors (Lipinski definition) is 4. The second kappa shape index (κ2) is 8.85. The quantitative estimate of drug-likeness (QED) is 0.739. The van der Waals surface area contributed by atoms with Crippen LogP contribution in [0, 0.1) is 5.41 Å². The fraction of sp³-hybridized carbons (Fsp3) is 0.941. The number of methoxy groups -OCH3 is 1. The molecule has 0 aliphatic carbocycles. The third-order valence-corrected chi connectivity index (χ3v) is 4.95. The minimum absolute atomic E-state index is 0.0845. The Bertz CT molecular complexity index is 350. The number of amides is 1. The number of ether oxygens (including phenoxy) is 2. The van der Waals surface area contributed by atoms with Crippen LogP contribution >= 0.6 is 0 Å². The molecular weight excluding hydrogens is 282 g/mol. The highest BCUT2D eigenvalue weighted by Crippen LogP contribution is 2.38. The highest BCUT2D eigenvalue weighted by Gasteiger charge is 2.39. The van der Waals surface area contributed by atoms with Gasteiger partial charge in [0.2, 0.25) is 5.91 Å². The molecule has 1 aliphatic rings. The van der Waals surface area contributed by atoms with Gasteiger partial charge in [-0.15, -0.1) is 0 Å². The molecule has 0 aromatic rings. The highest BCUT2D eigenvalue weighted by atomic mass is 16.5. The monoisotopic (exact) mass is 315 g/mol. The molecule has 1 saturated heterocycles. The average molecular weight is 315 g/mol. The molecule has 5 atom stereocenters. The van der Waals surface area contributed by atoms with Crippen molar-refractivity contribution in [2.75, 3.05) is 7.11 Å². The van der Waals surface area contributed by atoms with Crippen LogP contribution in [0.25, 0.3) is 0 Å². The van der Waals surface area contributed by atoms with Gasteiger partial charge in [0, 0.05) is 14.0 Å². The van der Waals surface area contributed by atoms with E-state index < -0.39 is 6.23 Å². The molecule has 0 saturated carbocycles. The van der Waals surface area contributed by atoms with Crippen molar-refractivity contribution in [1.82, 2.24) is 5.32 Å². The van der Waals surface area contributed by atoms with Crippen LogP contribution in [0.1, 0.15) is 66.2 Å². The lowest BCUT2D eigenvalue weighted by Crippen LogP contribution is -2.49. The zero-order chi connectivity index (χ0) is 16.8. The number of carbonyl (C=O) groups is 1. The molecule has 0 spiro atoms. The first kappa shape index (κ1) is 19.4. The van der Waals surface area contributed by atoms with Crippen LogP contribution in [0.2, 0.25) is 0 Å². The second-order valence-corrected chi connectivity index (χ2v) is 6.75. The fourth-order valence-electron chi connectivity index (χ4n) is 3.29. The molecule has 1 amide bonds. The number of carbonyl (C=O) groups excluding carboxylic acids is 1. The zero-order valence-corrected chi connectivity index (χ0v) is 14.7. The molecule has 1 heterocycles. The first-order valence-corrected chi connectivity index (χ1v) is 8.49. The predicted molar refractivity (Wildman–Crippen MR) is 86.4 cm³/mol. The maximum atomic E-state index is 11.3. The lowest BCUT2D eigenvalue weighted by atomic mass is 9.73. The molecule has 5 nitrogen and oxygen atoms in total. The van der Waals surface area contributed by atoms with Crippen molar-refractivity contribution in [3.05, 3.63) is 0 Å². The van der Waals surface area contributed by atoms with E-state index in [1.165, 1.54) is 6.92 Å². The molecule has 22 heavy (non-hydrogen) atoms. The smallest absolute Gasteiger partial charge is 0.218 e. The zero-order valence-electron chi connectivity index (χ0n) is 14.7. The Labute approximate surface area is 134 Å². The Morgan fingerprint density at radius 1 is 1.45 bits per heavy atom. The summed E-state index contributed by atoms with van der Waals surface area (Å²) in [5.41, 5.74) is -0.110. The summed E-state index contributed by atoms with van der Waals surface area (Å²) >= 11 is 0. The van der Waals surface area contributed by atoms with Gasteiger partial charge in [-0.25, -0.2) is 0 Å². The maximum absolute atomic E-state index is 11.3. The van der Waals surface area contributed by atoms with E-state index in [9.17, 15) is 9.90 Å². The highest BCUT2D eigenvalue weighted by molar-refractivity contribution is 5.73. The van der Waals surface area contributed by atoms with Crippen LogP contribution in [0.15, 0.2) is 0 Å². The van der Waals surface area contributed by atoms with Gasteiger partial charge in [-0.05, 0) is 37.5 Å². The molecule has 1 fully saturated rings. The summed E-state index contributed by atoms with van der Waals surface area (Å²) < 4.78 is 11.7. The topological polar surface area (TPSA) is 67.8 Å². The fourth-order valence-corrected chi connectivity index (χ4v) is 3.29. The Kier molecular flexibility index (Phi) is 7.80. The van der Waals surface area contributed by atoms with Crippen molar-refractivity contribution in [2.24, 2.45) is 5.41 Å². The number of rotatable bonds is 6. The summed E-state index contributed by atoms with van der Waals surface area (Å²) in [6, 6.07) is 0. The summed E-state index contributed by atoms with van der Waals surface area (Å²) in [7, 11) is 1.57. The van der Waals surface area contributed by atoms with E-state index in [1.807, 2.05) is 0 Å². The summed E-state index contributed by atoms with van der Waals surface area (Å²) in [6.07, 6.45) is 4.15. The molecule has 1 unspecified atom stereocenters. The van der Waals surface area contributed by atoms with Crippen LogP contribution in [-0.2, 0) is 14.3 Å². The van der Waals surface area contributed by atoms with Gasteiger partial charge >= 0.3 is 0 Å². The minimum atomic E-state index is -0.463. The van der Waals surface area contributed by atoms with E-state index in [2.05, 4.69) is 26.1 Å². The summed E-state index contributed by atoms with van der Waals surface area (Å²) in [6.45, 7) is 7.88. The van der Waals surface area contributed by atoms with Gasteiger partial charge in [0.05, 0.1) is 12.2 Å². The second-order valence-electron chi connectivity index (χ2n) is 6.75. The van der Waals surface area contributed by atoms with Gasteiger partial charge in [-0.3, -0.25) is 4.79 Å². The van der Waals surface area contributed by atoms with Crippen molar-refractivity contribution < 1.29 is 19.4 Å². The summed E-state index contributed by atoms with van der Waals surface area (Å²) in [5.74, 6) is -0.136. The van der Waals surface area contributed by atoms with Crippen molar-refractivity contribution in [1.29, 1.82) is 0 Å². The van der Waals surface area contributed by atoms with Crippen LogP contribution in [0.4, 0.5) is 0 Å². The van der Waals surface area contributed by atoms with Crippen LogP contribution in [0.5, 0.6) is 0 Å². The van der Waals surface area contributed by atoms with Crippen LogP contribution < -0.4 is 5.32 Å². The Balaban J connectivity index is 2.88. The Morgan fingerprint density at radius 3 is 2.64 bits per heavy atom. The first-order valence-electron chi connectivity index (χ1n) is 8.49. The van der Waals surface area contributed by atoms with Crippen molar-refractivity contribution in [3.8, 4) is 0 Å². The van der Waals surface area contributed by atoms with E-state index in [0.717, 1.165) is 25.7 Å². The van der Waals surface area contributed by atoms with Gasteiger partial charge in [0.25, 0.3) is 0 Å². The molecule has 0 bridgehead atoms. The van der Waals surface area contributed by atoms with Crippen molar-refractivity contribution in [2.45, 2.75) is 90.8 Å². The van der Waals surface area contributed by atoms with Gasteiger partial charge in [-0.1, -0.05) is 27.2 Å². The standard InChI is InChI=1S/C17H33NO4/c1-6-8-13-11-17(4,7-2)15(20)10-9-14(22-13)16(21-5)18-12(3)19/h13-16,20H,6-11H2,1-5H3,(H,18,19)/t13-,14-,15-,16-,17?/m1/s1. The van der Waals surface area contributed by atoms with E-state index in [4.69, 9.17) is 9.47 Å². The van der Waals surface area contributed by atoms with Gasteiger partial charge in [0.15, 0.2) is 6.23 Å². The van der Waals surface area contributed by atoms with E-state index in [-0.39, 0.29) is 29.6 Å². The van der Waals surface area contributed by atoms with Gasteiger partial charge < -0.3 is 19.9 Å². The summed E-state index contributed by atoms with van der Waals surface area (Å²) in [5, 5.41) is 13.4. The van der Waals surface area contributed by atoms with Gasteiger partial charge in [0.1, 0.15) is 6.10 Å². The molecule has 1 rings (SSSR count). The molecule has 130 valence electrons. The van der Waals surface area contributed by atoms with Crippen LogP contribution in [-0.4, -0.2) is 42.7 Å². The van der Waals surface area contributed by atoms with Gasteiger partial charge in [-0.2, -0.15) is 0 Å². The normalized spacial score (nSPS) is 34.5. The van der Waals surface area contributed by atoms with Crippen molar-refractivity contribution in [3.63, 3.8) is 0 Å². The maximum Gasteiger partial charge on any atom is 0.218 e. The number of aliphatic hydroxyl groups is 1. The van der Waals surface area contributed by atoms with E-state index >= 15 is 0 Å². The molecule has 5 heteroatoms. The lowest BCUT2D eigenvalue weighted by molar-refractivity contribution is -0.151. The Morgan fingerprint density at radius 2 is 2.14 bits per heavy atom. The predicted octanol–water partition coefficient (Wildman–Crippen LogP) is 2.61. The molecule has 1 aliphatic heterocycles. The molecular formula is C17H33NO4. The average Bonchev–Trinajstić information content (AvgIpc) is 2.47. The number of aliphatic hydroxyl groups excluding tert-OH is 1. The first-order chi connectivity index (χ1) is 10.4. The number of nitrogens with one attached hydrogen (secondary N) is 1. The van der Waals surface area contributed by atoms with Crippen molar-refractivity contribution >= 4 is 5.91 Å². The molecule has 0 radical (unpaired) electrons. The lowest BCUT2D eigenvalue weighted by Gasteiger charge is -2.42. The Hall–Kier alpha value is -0.650.